The Hall–Kier alpha value is -1.47. The Morgan fingerprint density at radius 1 is 1.27 bits per heavy atom. The minimum atomic E-state index is -3.61. The lowest BCUT2D eigenvalue weighted by Gasteiger charge is -2.46. The average molecular weight is 324 g/mol. The number of aromatic nitrogens is 1. The number of aryl methyl sites for hydroxylation is 1. The van der Waals surface area contributed by atoms with E-state index in [-0.39, 0.29) is 16.2 Å². The van der Waals surface area contributed by atoms with E-state index < -0.39 is 10.0 Å². The fourth-order valence-corrected chi connectivity index (χ4v) is 4.98. The Balaban J connectivity index is 1.82. The molecule has 2 aliphatic rings. The summed E-state index contributed by atoms with van der Waals surface area (Å²) >= 11 is 0. The van der Waals surface area contributed by atoms with E-state index in [0.29, 0.717) is 31.7 Å². The molecule has 120 valence electrons. The molecular weight excluding hydrogens is 304 g/mol. The molecule has 2 fully saturated rings. The van der Waals surface area contributed by atoms with Crippen LogP contribution in [0.1, 0.15) is 31.2 Å². The molecule has 0 atom stereocenters. The van der Waals surface area contributed by atoms with E-state index in [0.717, 1.165) is 18.4 Å². The third-order valence-electron chi connectivity index (χ3n) is 4.69. The lowest BCUT2D eigenvalue weighted by Crippen LogP contribution is -2.48. The number of Topliss-reactive ketones (excluding diaryl/α,β-unsaturated/α-hetero) is 1. The Morgan fingerprint density at radius 2 is 1.91 bits per heavy atom. The first-order valence-electron chi connectivity index (χ1n) is 7.39. The maximum Gasteiger partial charge on any atom is 0.248 e. The van der Waals surface area contributed by atoms with Crippen molar-refractivity contribution in [3.63, 3.8) is 0 Å². The number of ether oxygens (including phenoxy) is 1. The molecule has 0 amide bonds. The van der Waals surface area contributed by atoms with E-state index >= 15 is 0 Å². The number of piperidine rings is 1. The summed E-state index contributed by atoms with van der Waals surface area (Å²) in [4.78, 5) is 15.4. The van der Waals surface area contributed by atoms with Crippen LogP contribution in [0.2, 0.25) is 0 Å². The Labute approximate surface area is 130 Å². The largest absolute Gasteiger partial charge is 0.480 e. The Bertz CT molecular complexity index is 696. The van der Waals surface area contributed by atoms with Crippen molar-refractivity contribution in [3.05, 3.63) is 17.8 Å². The summed E-state index contributed by atoms with van der Waals surface area (Å²) in [6.45, 7) is 2.70. The minimum Gasteiger partial charge on any atom is -0.480 e. The lowest BCUT2D eigenvalue weighted by molar-refractivity contribution is -0.134. The molecule has 7 heteroatoms. The van der Waals surface area contributed by atoms with Gasteiger partial charge in [0.25, 0.3) is 0 Å². The van der Waals surface area contributed by atoms with Crippen LogP contribution < -0.4 is 4.74 Å². The van der Waals surface area contributed by atoms with E-state index in [1.807, 2.05) is 0 Å². The molecule has 0 unspecified atom stereocenters. The van der Waals surface area contributed by atoms with Gasteiger partial charge >= 0.3 is 0 Å². The molecule has 1 aliphatic carbocycles. The van der Waals surface area contributed by atoms with Gasteiger partial charge in [-0.2, -0.15) is 4.31 Å². The van der Waals surface area contributed by atoms with Gasteiger partial charge in [-0.3, -0.25) is 4.79 Å². The van der Waals surface area contributed by atoms with Crippen molar-refractivity contribution < 1.29 is 17.9 Å². The van der Waals surface area contributed by atoms with Crippen LogP contribution in [0.15, 0.2) is 17.2 Å². The number of hydrogen-bond donors (Lipinski definition) is 0. The number of ketones is 1. The highest BCUT2D eigenvalue weighted by atomic mass is 32.2. The minimum absolute atomic E-state index is 0.0536. The van der Waals surface area contributed by atoms with Gasteiger partial charge in [0, 0.05) is 32.1 Å². The average Bonchev–Trinajstić information content (AvgIpc) is 2.46. The quantitative estimate of drug-likeness (QED) is 0.843. The second-order valence-electron chi connectivity index (χ2n) is 6.32. The number of rotatable bonds is 3. The number of carbonyl (C=O) groups excluding carboxylic acids is 1. The van der Waals surface area contributed by atoms with Crippen molar-refractivity contribution in [1.29, 1.82) is 0 Å². The maximum atomic E-state index is 12.8. The molecule has 1 aromatic rings. The van der Waals surface area contributed by atoms with Crippen molar-refractivity contribution in [1.82, 2.24) is 9.29 Å². The van der Waals surface area contributed by atoms with Crippen molar-refractivity contribution in [2.45, 2.75) is 37.5 Å². The van der Waals surface area contributed by atoms with Gasteiger partial charge in [-0.1, -0.05) is 0 Å². The predicted molar refractivity (Wildman–Crippen MR) is 80.2 cm³/mol. The molecule has 0 bridgehead atoms. The van der Waals surface area contributed by atoms with Crippen LogP contribution in [-0.4, -0.2) is 43.7 Å². The summed E-state index contributed by atoms with van der Waals surface area (Å²) in [5.74, 6) is 0.422. The van der Waals surface area contributed by atoms with E-state index in [2.05, 4.69) is 4.98 Å². The number of nitrogens with zero attached hydrogens (tertiary/aromatic N) is 2. The molecule has 0 N–H and O–H groups in total. The van der Waals surface area contributed by atoms with Crippen LogP contribution in [0, 0.1) is 12.3 Å². The molecule has 1 saturated heterocycles. The maximum absolute atomic E-state index is 12.8. The molecule has 3 rings (SSSR count). The topological polar surface area (TPSA) is 76.6 Å². The van der Waals surface area contributed by atoms with Crippen LogP contribution >= 0.6 is 0 Å². The highest BCUT2D eigenvalue weighted by Gasteiger charge is 2.47. The van der Waals surface area contributed by atoms with E-state index in [1.54, 1.807) is 19.2 Å². The van der Waals surface area contributed by atoms with Gasteiger partial charge in [0.2, 0.25) is 15.9 Å². The van der Waals surface area contributed by atoms with Crippen LogP contribution in [0.5, 0.6) is 5.88 Å². The molecule has 1 aliphatic heterocycles. The molecule has 2 heterocycles. The zero-order valence-corrected chi connectivity index (χ0v) is 13.6. The Morgan fingerprint density at radius 3 is 2.45 bits per heavy atom. The van der Waals surface area contributed by atoms with Gasteiger partial charge in [0.1, 0.15) is 10.7 Å². The zero-order chi connectivity index (χ0) is 16.0. The normalized spacial score (nSPS) is 21.6. The summed E-state index contributed by atoms with van der Waals surface area (Å²) < 4.78 is 32.3. The van der Waals surface area contributed by atoms with Gasteiger partial charge in [-0.15, -0.1) is 0 Å². The molecule has 1 aromatic heterocycles. The number of pyridine rings is 1. The molecule has 6 nitrogen and oxygen atoms in total. The molecule has 1 spiro atoms. The lowest BCUT2D eigenvalue weighted by atomic mass is 9.63. The van der Waals surface area contributed by atoms with Crippen LogP contribution in [0.4, 0.5) is 0 Å². The highest BCUT2D eigenvalue weighted by Crippen LogP contribution is 2.47. The van der Waals surface area contributed by atoms with Gasteiger partial charge in [-0.05, 0) is 36.8 Å². The molecule has 0 aromatic carbocycles. The summed E-state index contributed by atoms with van der Waals surface area (Å²) in [6, 6.07) is 1.60. The molecule has 0 radical (unpaired) electrons. The number of carbonyl (C=O) groups is 1. The van der Waals surface area contributed by atoms with Crippen LogP contribution in [-0.2, 0) is 14.8 Å². The summed E-state index contributed by atoms with van der Waals surface area (Å²) in [6.07, 6.45) is 4.30. The second-order valence-corrected chi connectivity index (χ2v) is 8.22. The summed E-state index contributed by atoms with van der Waals surface area (Å²) in [7, 11) is -2.20. The highest BCUT2D eigenvalue weighted by molar-refractivity contribution is 7.89. The third-order valence-corrected chi connectivity index (χ3v) is 6.59. The van der Waals surface area contributed by atoms with E-state index in [9.17, 15) is 13.2 Å². The number of hydrogen-bond acceptors (Lipinski definition) is 5. The Kier molecular flexibility index (Phi) is 3.72. The first-order chi connectivity index (χ1) is 10.4. The number of sulfonamides is 1. The fourth-order valence-electron chi connectivity index (χ4n) is 3.35. The summed E-state index contributed by atoms with van der Waals surface area (Å²) in [5.41, 5.74) is 0.829. The SMILES string of the molecule is COc1ncc(C)cc1S(=O)(=O)N1CCC2(CC1)CC(=O)C2. The molecule has 22 heavy (non-hydrogen) atoms. The second kappa shape index (κ2) is 5.31. The summed E-state index contributed by atoms with van der Waals surface area (Å²) in [5, 5.41) is 0. The van der Waals surface area contributed by atoms with Crippen molar-refractivity contribution >= 4 is 15.8 Å². The standard InChI is InChI=1S/C15H20N2O4S/c1-11-7-13(14(21-2)16-10-11)22(19,20)17-5-3-15(4-6-17)8-12(18)9-15/h7,10H,3-6,8-9H2,1-2H3. The van der Waals surface area contributed by atoms with Gasteiger partial charge in [0.15, 0.2) is 0 Å². The van der Waals surface area contributed by atoms with Crippen LogP contribution in [0.3, 0.4) is 0 Å². The smallest absolute Gasteiger partial charge is 0.248 e. The van der Waals surface area contributed by atoms with Gasteiger partial charge in [-0.25, -0.2) is 13.4 Å². The van der Waals surface area contributed by atoms with Crippen molar-refractivity contribution in [2.75, 3.05) is 20.2 Å². The monoisotopic (exact) mass is 324 g/mol. The molecule has 1 saturated carbocycles. The molecular formula is C15H20N2O4S. The first kappa shape index (κ1) is 15.4. The third kappa shape index (κ3) is 2.52. The first-order valence-corrected chi connectivity index (χ1v) is 8.83. The zero-order valence-electron chi connectivity index (χ0n) is 12.8. The van der Waals surface area contributed by atoms with E-state index in [4.69, 9.17) is 4.74 Å². The van der Waals surface area contributed by atoms with Gasteiger partial charge < -0.3 is 4.74 Å². The van der Waals surface area contributed by atoms with Crippen molar-refractivity contribution in [3.8, 4) is 5.88 Å². The number of methoxy groups -OCH3 is 1. The van der Waals surface area contributed by atoms with Crippen molar-refractivity contribution in [2.24, 2.45) is 5.41 Å². The predicted octanol–water partition coefficient (Wildman–Crippen LogP) is 1.53. The van der Waals surface area contributed by atoms with Crippen LogP contribution in [0.25, 0.3) is 0 Å². The fraction of sp³-hybridized carbons (Fsp3) is 0.600. The van der Waals surface area contributed by atoms with E-state index in [1.165, 1.54) is 11.4 Å². The van der Waals surface area contributed by atoms with Gasteiger partial charge in [0.05, 0.1) is 7.11 Å².